The van der Waals surface area contributed by atoms with Crippen molar-refractivity contribution in [1.29, 1.82) is 0 Å². The van der Waals surface area contributed by atoms with Crippen molar-refractivity contribution in [3.63, 3.8) is 0 Å². The molecule has 8 heteroatoms. The molecule has 2 N–H and O–H groups in total. The fourth-order valence-electron chi connectivity index (χ4n) is 2.88. The van der Waals surface area contributed by atoms with Crippen LogP contribution in [-0.2, 0) is 21.2 Å². The van der Waals surface area contributed by atoms with E-state index in [9.17, 15) is 23.1 Å². The van der Waals surface area contributed by atoms with Crippen LogP contribution in [0.4, 0.5) is 5.69 Å². The second kappa shape index (κ2) is 7.79. The predicted molar refractivity (Wildman–Crippen MR) is 101 cm³/mol. The lowest BCUT2D eigenvalue weighted by Crippen LogP contribution is -2.29. The second-order valence-corrected chi connectivity index (χ2v) is 8.23. The molecule has 7 nitrogen and oxygen atoms in total. The molecule has 2 aromatic carbocycles. The number of rotatable bonds is 6. The molecule has 1 heterocycles. The number of benzene rings is 2. The quantitative estimate of drug-likeness (QED) is 0.735. The summed E-state index contributed by atoms with van der Waals surface area (Å²) in [6.45, 7) is 0.487. The summed E-state index contributed by atoms with van der Waals surface area (Å²) >= 11 is 0. The molecule has 2 aromatic rings. The largest absolute Gasteiger partial charge is 0.508 e. The minimum Gasteiger partial charge on any atom is -0.508 e. The van der Waals surface area contributed by atoms with Gasteiger partial charge in [-0.15, -0.1) is 0 Å². The maximum Gasteiger partial charge on any atom is 0.251 e. The van der Waals surface area contributed by atoms with Crippen molar-refractivity contribution < 1.29 is 23.1 Å². The molecule has 0 spiro atoms. The lowest BCUT2D eigenvalue weighted by Gasteiger charge is -2.15. The van der Waals surface area contributed by atoms with Gasteiger partial charge < -0.3 is 10.4 Å². The molecule has 3 rings (SSSR count). The number of carbonyl (C=O) groups excluding carboxylic acids is 2. The van der Waals surface area contributed by atoms with E-state index in [0.29, 0.717) is 12.1 Å². The van der Waals surface area contributed by atoms with Gasteiger partial charge in [0.2, 0.25) is 15.9 Å². The van der Waals surface area contributed by atoms with Gasteiger partial charge in [0, 0.05) is 18.5 Å². The summed E-state index contributed by atoms with van der Waals surface area (Å²) in [6, 6.07) is 12.9. The zero-order valence-corrected chi connectivity index (χ0v) is 15.4. The fourth-order valence-corrected chi connectivity index (χ4v) is 4.34. The first-order valence-electron chi connectivity index (χ1n) is 8.59. The molecule has 1 aliphatic heterocycles. The van der Waals surface area contributed by atoms with Gasteiger partial charge in [-0.3, -0.25) is 9.59 Å². The first-order chi connectivity index (χ1) is 12.9. The van der Waals surface area contributed by atoms with Crippen molar-refractivity contribution in [3.05, 3.63) is 59.7 Å². The molecular formula is C19H20N2O5S. The van der Waals surface area contributed by atoms with Crippen LogP contribution in [0.25, 0.3) is 0 Å². The zero-order chi connectivity index (χ0) is 19.4. The molecule has 1 fully saturated rings. The van der Waals surface area contributed by atoms with Gasteiger partial charge in [0.15, 0.2) is 0 Å². The second-order valence-electron chi connectivity index (χ2n) is 6.30. The third-order valence-corrected chi connectivity index (χ3v) is 6.00. The fraction of sp³-hybridized carbons (Fsp3) is 0.263. The number of amides is 2. The van der Waals surface area contributed by atoms with Crippen molar-refractivity contribution in [1.82, 2.24) is 5.32 Å². The molecule has 27 heavy (non-hydrogen) atoms. The molecule has 0 bridgehead atoms. The molecule has 0 saturated carbocycles. The number of phenols is 1. The van der Waals surface area contributed by atoms with Crippen molar-refractivity contribution in [2.45, 2.75) is 19.3 Å². The standard InChI is InChI=1S/C19H20N2O5S/c22-17-9-3-14(4-10-17)2-1-12-20-19(24)15-5-7-16(8-6-15)21-18(23)11-13-27(21,25)26/h3-10,22H,1-2,11-13H2,(H,20,24). The summed E-state index contributed by atoms with van der Waals surface area (Å²) < 4.78 is 24.6. The zero-order valence-electron chi connectivity index (χ0n) is 14.6. The molecule has 0 atom stereocenters. The van der Waals surface area contributed by atoms with Crippen LogP contribution in [0.15, 0.2) is 48.5 Å². The Labute approximate surface area is 157 Å². The van der Waals surface area contributed by atoms with Crippen molar-refractivity contribution >= 4 is 27.5 Å². The van der Waals surface area contributed by atoms with E-state index < -0.39 is 15.9 Å². The van der Waals surface area contributed by atoms with Crippen molar-refractivity contribution in [3.8, 4) is 5.75 Å². The van der Waals surface area contributed by atoms with E-state index in [1.54, 1.807) is 12.1 Å². The van der Waals surface area contributed by atoms with Gasteiger partial charge in [-0.1, -0.05) is 12.1 Å². The predicted octanol–water partition coefficient (Wildman–Crippen LogP) is 1.82. The van der Waals surface area contributed by atoms with Gasteiger partial charge in [0.05, 0.1) is 11.4 Å². The molecule has 0 unspecified atom stereocenters. The van der Waals surface area contributed by atoms with Gasteiger partial charge >= 0.3 is 0 Å². The van der Waals surface area contributed by atoms with Gasteiger partial charge in [0.1, 0.15) is 5.75 Å². The Morgan fingerprint density at radius 1 is 1.07 bits per heavy atom. The van der Waals surface area contributed by atoms with Crippen molar-refractivity contribution in [2.24, 2.45) is 0 Å². The number of anilines is 1. The lowest BCUT2D eigenvalue weighted by atomic mass is 10.1. The highest BCUT2D eigenvalue weighted by molar-refractivity contribution is 7.94. The molecule has 1 saturated heterocycles. The van der Waals surface area contributed by atoms with E-state index in [4.69, 9.17) is 0 Å². The van der Waals surface area contributed by atoms with E-state index in [0.717, 1.165) is 22.7 Å². The number of nitrogens with one attached hydrogen (secondary N) is 1. The molecule has 0 radical (unpaired) electrons. The van der Waals surface area contributed by atoms with Gasteiger partial charge in [-0.05, 0) is 54.8 Å². The van der Waals surface area contributed by atoms with Crippen molar-refractivity contribution in [2.75, 3.05) is 16.6 Å². The van der Waals surface area contributed by atoms with E-state index in [-0.39, 0.29) is 29.5 Å². The first kappa shape index (κ1) is 18.9. The van der Waals surface area contributed by atoms with Crippen LogP contribution in [0.5, 0.6) is 5.75 Å². The summed E-state index contributed by atoms with van der Waals surface area (Å²) in [5.74, 6) is -0.682. The van der Waals surface area contributed by atoms with Crippen LogP contribution in [0, 0.1) is 0 Å². The minimum atomic E-state index is -3.60. The Balaban J connectivity index is 1.53. The minimum absolute atomic E-state index is 0.0222. The SMILES string of the molecule is O=C(NCCCc1ccc(O)cc1)c1ccc(N2C(=O)CCS2(=O)=O)cc1. The number of hydrogen-bond acceptors (Lipinski definition) is 5. The molecule has 1 aliphatic rings. The Morgan fingerprint density at radius 2 is 1.74 bits per heavy atom. The molecule has 2 amide bonds. The monoisotopic (exact) mass is 388 g/mol. The van der Waals surface area contributed by atoms with Gasteiger partial charge in [0.25, 0.3) is 5.91 Å². The van der Waals surface area contributed by atoms with E-state index in [1.807, 2.05) is 12.1 Å². The average Bonchev–Trinajstić information content (AvgIpc) is 2.93. The highest BCUT2D eigenvalue weighted by Gasteiger charge is 2.36. The van der Waals surface area contributed by atoms with Gasteiger partial charge in [-0.25, -0.2) is 12.7 Å². The number of aryl methyl sites for hydroxylation is 1. The number of carbonyl (C=O) groups is 2. The van der Waals surface area contributed by atoms with Crippen LogP contribution in [0.2, 0.25) is 0 Å². The van der Waals surface area contributed by atoms with Crippen LogP contribution < -0.4 is 9.62 Å². The number of nitrogens with zero attached hydrogens (tertiary/aromatic N) is 1. The third kappa shape index (κ3) is 4.46. The molecular weight excluding hydrogens is 368 g/mol. The molecule has 0 aliphatic carbocycles. The number of hydrogen-bond donors (Lipinski definition) is 2. The van der Waals surface area contributed by atoms with E-state index in [2.05, 4.69) is 5.32 Å². The summed E-state index contributed by atoms with van der Waals surface area (Å²) in [5, 5.41) is 12.1. The van der Waals surface area contributed by atoms with Crippen LogP contribution in [-0.4, -0.2) is 37.6 Å². The van der Waals surface area contributed by atoms with Crippen LogP contribution >= 0.6 is 0 Å². The highest BCUT2D eigenvalue weighted by Crippen LogP contribution is 2.25. The Kier molecular flexibility index (Phi) is 5.46. The first-order valence-corrected chi connectivity index (χ1v) is 10.2. The Hall–Kier alpha value is -2.87. The molecule has 142 valence electrons. The maximum atomic E-state index is 12.2. The molecule has 0 aromatic heterocycles. The summed E-state index contributed by atoms with van der Waals surface area (Å²) in [7, 11) is -3.60. The summed E-state index contributed by atoms with van der Waals surface area (Å²) in [5.41, 5.74) is 1.72. The van der Waals surface area contributed by atoms with E-state index >= 15 is 0 Å². The maximum absolute atomic E-state index is 12.2. The number of aromatic hydroxyl groups is 1. The topological polar surface area (TPSA) is 104 Å². The summed E-state index contributed by atoms with van der Waals surface area (Å²) in [6.07, 6.45) is 1.50. The van der Waals surface area contributed by atoms with E-state index in [1.165, 1.54) is 24.3 Å². The van der Waals surface area contributed by atoms with Crippen LogP contribution in [0.3, 0.4) is 0 Å². The van der Waals surface area contributed by atoms with Crippen LogP contribution in [0.1, 0.15) is 28.8 Å². The Morgan fingerprint density at radius 3 is 2.33 bits per heavy atom. The van der Waals surface area contributed by atoms with Gasteiger partial charge in [-0.2, -0.15) is 0 Å². The smallest absolute Gasteiger partial charge is 0.251 e. The number of sulfonamides is 1. The Bertz CT molecular complexity index is 937. The normalized spacial score (nSPS) is 15.7. The third-order valence-electron chi connectivity index (χ3n) is 4.31. The lowest BCUT2D eigenvalue weighted by molar-refractivity contribution is -0.116. The highest BCUT2D eigenvalue weighted by atomic mass is 32.2. The number of phenolic OH excluding ortho intramolecular Hbond substituents is 1. The average molecular weight is 388 g/mol. The summed E-state index contributed by atoms with van der Waals surface area (Å²) in [4.78, 5) is 24.0.